The van der Waals surface area contributed by atoms with Crippen molar-refractivity contribution in [1.29, 1.82) is 0 Å². The lowest BCUT2D eigenvalue weighted by Crippen LogP contribution is -2.12. The van der Waals surface area contributed by atoms with E-state index in [4.69, 9.17) is 16.7 Å². The maximum absolute atomic E-state index is 12.0. The molecule has 0 aliphatic rings. The van der Waals surface area contributed by atoms with Gasteiger partial charge in [-0.25, -0.2) is 0 Å². The average Bonchev–Trinajstić information content (AvgIpc) is 2.49. The molecule has 0 unspecified atom stereocenters. The third-order valence-corrected chi connectivity index (χ3v) is 2.80. The van der Waals surface area contributed by atoms with Crippen LogP contribution in [0.1, 0.15) is 15.9 Å². The fourth-order valence-electron chi connectivity index (χ4n) is 1.54. The molecule has 2 rings (SSSR count). The van der Waals surface area contributed by atoms with Crippen molar-refractivity contribution in [2.75, 3.05) is 11.9 Å². The molecule has 0 radical (unpaired) electrons. The van der Waals surface area contributed by atoms with Gasteiger partial charge in [-0.05, 0) is 30.3 Å². The third-order valence-electron chi connectivity index (χ3n) is 2.47. The normalized spacial score (nSPS) is 9.50. The quantitative estimate of drug-likeness (QED) is 0.833. The molecule has 1 amide bonds. The number of nitrogens with one attached hydrogen (secondary N) is 1. The minimum atomic E-state index is -0.276. The summed E-state index contributed by atoms with van der Waals surface area (Å²) in [4.78, 5) is 15.9. The maximum Gasteiger partial charge on any atom is 0.255 e. The van der Waals surface area contributed by atoms with Crippen molar-refractivity contribution in [3.05, 3.63) is 58.9 Å². The van der Waals surface area contributed by atoms with Gasteiger partial charge in [-0.15, -0.1) is 0 Å². The second-order valence-electron chi connectivity index (χ2n) is 3.84. The summed E-state index contributed by atoms with van der Waals surface area (Å²) in [6.45, 7) is -0.221. The Morgan fingerprint density at radius 1 is 1.30 bits per heavy atom. The summed E-state index contributed by atoms with van der Waals surface area (Å²) in [5.41, 5.74) is 1.62. The first-order valence-corrected chi connectivity index (χ1v) is 6.19. The molecule has 100 valence electrons. The van der Waals surface area contributed by atoms with Crippen molar-refractivity contribution in [2.45, 2.75) is 0 Å². The molecule has 5 heteroatoms. The standard InChI is InChI=1S/C15H11ClN2O2/c16-13-4-3-11(2-1-9-19)10-14(13)18-15(20)12-5-7-17-8-6-12/h3-8,10,19H,9H2,(H,18,20). The molecular weight excluding hydrogens is 276 g/mol. The third kappa shape index (κ3) is 3.58. The van der Waals surface area contributed by atoms with Crippen LogP contribution in [0.5, 0.6) is 0 Å². The van der Waals surface area contributed by atoms with Crippen molar-refractivity contribution in [3.8, 4) is 11.8 Å². The zero-order chi connectivity index (χ0) is 14.4. The number of benzene rings is 1. The van der Waals surface area contributed by atoms with Crippen LogP contribution in [0.2, 0.25) is 5.02 Å². The van der Waals surface area contributed by atoms with Crippen molar-refractivity contribution in [2.24, 2.45) is 0 Å². The largest absolute Gasteiger partial charge is 0.384 e. The number of hydrogen-bond acceptors (Lipinski definition) is 3. The van der Waals surface area contributed by atoms with E-state index in [9.17, 15) is 4.79 Å². The van der Waals surface area contributed by atoms with E-state index in [2.05, 4.69) is 22.1 Å². The number of carbonyl (C=O) groups excluding carboxylic acids is 1. The van der Waals surface area contributed by atoms with E-state index in [1.807, 2.05) is 0 Å². The molecule has 2 N–H and O–H groups in total. The number of aliphatic hydroxyl groups excluding tert-OH is 1. The lowest BCUT2D eigenvalue weighted by atomic mass is 10.2. The monoisotopic (exact) mass is 286 g/mol. The van der Waals surface area contributed by atoms with Gasteiger partial charge in [0.05, 0.1) is 10.7 Å². The number of hydrogen-bond donors (Lipinski definition) is 2. The van der Waals surface area contributed by atoms with Crippen LogP contribution in [0, 0.1) is 11.8 Å². The maximum atomic E-state index is 12.0. The van der Waals surface area contributed by atoms with Crippen molar-refractivity contribution < 1.29 is 9.90 Å². The van der Waals surface area contributed by atoms with Gasteiger partial charge in [-0.2, -0.15) is 0 Å². The number of amides is 1. The molecule has 1 heterocycles. The van der Waals surface area contributed by atoms with Crippen LogP contribution in [-0.2, 0) is 0 Å². The molecule has 0 aliphatic carbocycles. The molecule has 1 aromatic carbocycles. The van der Waals surface area contributed by atoms with E-state index >= 15 is 0 Å². The van der Waals surface area contributed by atoms with Crippen LogP contribution in [0.4, 0.5) is 5.69 Å². The van der Waals surface area contributed by atoms with E-state index in [0.29, 0.717) is 21.8 Å². The number of aromatic nitrogens is 1. The minimum absolute atomic E-state index is 0.221. The lowest BCUT2D eigenvalue weighted by molar-refractivity contribution is 0.102. The molecule has 0 spiro atoms. The first-order chi connectivity index (χ1) is 9.70. The number of rotatable bonds is 2. The Kier molecular flexibility index (Phi) is 4.72. The number of halogens is 1. The molecule has 2 aromatic rings. The van der Waals surface area contributed by atoms with Crippen LogP contribution in [0.3, 0.4) is 0 Å². The van der Waals surface area contributed by atoms with Crippen molar-refractivity contribution >= 4 is 23.2 Å². The second kappa shape index (κ2) is 6.71. The fourth-order valence-corrected chi connectivity index (χ4v) is 1.70. The Bertz CT molecular complexity index is 675. The Hall–Kier alpha value is -2.35. The highest BCUT2D eigenvalue weighted by atomic mass is 35.5. The van der Waals surface area contributed by atoms with Crippen molar-refractivity contribution in [3.63, 3.8) is 0 Å². The van der Waals surface area contributed by atoms with Crippen molar-refractivity contribution in [1.82, 2.24) is 4.98 Å². The highest BCUT2D eigenvalue weighted by molar-refractivity contribution is 6.34. The Balaban J connectivity index is 2.22. The van der Waals surface area contributed by atoms with Crippen LogP contribution in [-0.4, -0.2) is 22.6 Å². The SMILES string of the molecule is O=C(Nc1cc(C#CCO)ccc1Cl)c1ccncc1. The predicted molar refractivity (Wildman–Crippen MR) is 77.6 cm³/mol. The van der Waals surface area contributed by atoms with E-state index < -0.39 is 0 Å². The van der Waals surface area contributed by atoms with Gasteiger partial charge < -0.3 is 10.4 Å². The molecule has 0 saturated carbocycles. The van der Waals surface area contributed by atoms with Gasteiger partial charge in [-0.1, -0.05) is 23.4 Å². The topological polar surface area (TPSA) is 62.2 Å². The Labute approximate surface area is 121 Å². The number of aliphatic hydroxyl groups is 1. The number of anilines is 1. The van der Waals surface area contributed by atoms with E-state index in [1.54, 1.807) is 42.7 Å². The molecule has 0 bridgehead atoms. The molecule has 0 fully saturated rings. The average molecular weight is 287 g/mol. The molecule has 1 aromatic heterocycles. The number of pyridine rings is 1. The summed E-state index contributed by atoms with van der Waals surface area (Å²) in [6, 6.07) is 8.24. The molecule has 20 heavy (non-hydrogen) atoms. The lowest BCUT2D eigenvalue weighted by Gasteiger charge is -2.07. The van der Waals surface area contributed by atoms with Crippen LogP contribution < -0.4 is 5.32 Å². The zero-order valence-electron chi connectivity index (χ0n) is 10.4. The summed E-state index contributed by atoms with van der Waals surface area (Å²) in [5.74, 6) is 5.02. The van der Waals surface area contributed by atoms with Gasteiger partial charge >= 0.3 is 0 Å². The first kappa shape index (κ1) is 14.1. The number of nitrogens with zero attached hydrogens (tertiary/aromatic N) is 1. The fraction of sp³-hybridized carbons (Fsp3) is 0.0667. The van der Waals surface area contributed by atoms with E-state index in [0.717, 1.165) is 0 Å². The van der Waals surface area contributed by atoms with E-state index in [1.165, 1.54) is 0 Å². The van der Waals surface area contributed by atoms with E-state index in [-0.39, 0.29) is 12.5 Å². The zero-order valence-corrected chi connectivity index (χ0v) is 11.2. The smallest absolute Gasteiger partial charge is 0.255 e. The Morgan fingerprint density at radius 2 is 2.05 bits per heavy atom. The Morgan fingerprint density at radius 3 is 2.75 bits per heavy atom. The van der Waals surface area contributed by atoms with Gasteiger partial charge in [-0.3, -0.25) is 9.78 Å². The summed E-state index contributed by atoms with van der Waals surface area (Å²) in [5, 5.41) is 11.8. The van der Waals surface area contributed by atoms with Crippen LogP contribution in [0.15, 0.2) is 42.7 Å². The van der Waals surface area contributed by atoms with Crippen LogP contribution >= 0.6 is 11.6 Å². The number of carbonyl (C=O) groups is 1. The summed E-state index contributed by atoms with van der Waals surface area (Å²) >= 11 is 6.04. The molecule has 0 saturated heterocycles. The van der Waals surface area contributed by atoms with Crippen LogP contribution in [0.25, 0.3) is 0 Å². The highest BCUT2D eigenvalue weighted by Crippen LogP contribution is 2.23. The highest BCUT2D eigenvalue weighted by Gasteiger charge is 2.08. The summed E-state index contributed by atoms with van der Waals surface area (Å²) < 4.78 is 0. The first-order valence-electron chi connectivity index (χ1n) is 5.81. The predicted octanol–water partition coefficient (Wildman–Crippen LogP) is 2.33. The van der Waals surface area contributed by atoms with Gasteiger partial charge in [0.1, 0.15) is 6.61 Å². The molecule has 0 aliphatic heterocycles. The van der Waals surface area contributed by atoms with Gasteiger partial charge in [0, 0.05) is 23.5 Å². The second-order valence-corrected chi connectivity index (χ2v) is 4.25. The summed E-state index contributed by atoms with van der Waals surface area (Å²) in [7, 11) is 0. The molecule has 4 nitrogen and oxygen atoms in total. The minimum Gasteiger partial charge on any atom is -0.384 e. The molecule has 0 atom stereocenters. The van der Waals surface area contributed by atoms with Gasteiger partial charge in [0.25, 0.3) is 5.91 Å². The van der Waals surface area contributed by atoms with Gasteiger partial charge in [0.15, 0.2) is 0 Å². The summed E-state index contributed by atoms with van der Waals surface area (Å²) in [6.07, 6.45) is 3.08. The van der Waals surface area contributed by atoms with Gasteiger partial charge in [0.2, 0.25) is 0 Å². The molecular formula is C15H11ClN2O2.